The summed E-state index contributed by atoms with van der Waals surface area (Å²) in [7, 11) is 0. The molecule has 19 heavy (non-hydrogen) atoms. The van der Waals surface area contributed by atoms with Crippen molar-refractivity contribution in [1.29, 1.82) is 0 Å². The van der Waals surface area contributed by atoms with Gasteiger partial charge in [0.2, 0.25) is 0 Å². The number of carbonyl (C=O) groups excluding carboxylic acids is 2. The third kappa shape index (κ3) is 2.64. The van der Waals surface area contributed by atoms with Crippen LogP contribution in [0.1, 0.15) is 30.3 Å². The molecular weight excluding hydrogens is 252 g/mol. The van der Waals surface area contributed by atoms with Gasteiger partial charge in [-0.2, -0.15) is 0 Å². The molecule has 0 aliphatic carbocycles. The Morgan fingerprint density at radius 2 is 2.32 bits per heavy atom. The third-order valence-corrected chi connectivity index (χ3v) is 3.29. The van der Waals surface area contributed by atoms with Crippen LogP contribution >= 0.6 is 0 Å². The first kappa shape index (κ1) is 13.3. The molecule has 2 heterocycles. The van der Waals surface area contributed by atoms with Crippen molar-refractivity contribution in [3.8, 4) is 0 Å². The first-order chi connectivity index (χ1) is 9.02. The molecule has 1 amide bonds. The number of likely N-dealkylation sites (tertiary alicyclic amines) is 1. The Balaban J connectivity index is 2.10. The van der Waals surface area contributed by atoms with Gasteiger partial charge in [0.05, 0.1) is 6.07 Å². The highest BCUT2D eigenvalue weighted by molar-refractivity contribution is 5.93. The van der Waals surface area contributed by atoms with Crippen LogP contribution in [0.2, 0.25) is 0 Å². The largest absolute Gasteiger partial charge is 0.433 e. The van der Waals surface area contributed by atoms with E-state index in [0.717, 1.165) is 6.07 Å². The lowest BCUT2D eigenvalue weighted by molar-refractivity contribution is -0.402. The molecule has 1 aliphatic rings. The van der Waals surface area contributed by atoms with Crippen molar-refractivity contribution in [2.75, 3.05) is 13.1 Å². The summed E-state index contributed by atoms with van der Waals surface area (Å²) in [5.74, 6) is -0.905. The Labute approximate surface area is 109 Å². The number of carbonyl (C=O) groups is 2. The molecule has 0 spiro atoms. The van der Waals surface area contributed by atoms with Gasteiger partial charge in [-0.25, -0.2) is 0 Å². The summed E-state index contributed by atoms with van der Waals surface area (Å²) >= 11 is 0. The number of nitro groups is 1. The summed E-state index contributed by atoms with van der Waals surface area (Å²) in [5, 5.41) is 10.5. The van der Waals surface area contributed by atoms with Gasteiger partial charge in [-0.05, 0) is 12.5 Å². The second kappa shape index (κ2) is 5.21. The lowest BCUT2D eigenvalue weighted by atomic mass is 9.94. The first-order valence-electron chi connectivity index (χ1n) is 6.09. The molecule has 7 heteroatoms. The van der Waals surface area contributed by atoms with Gasteiger partial charge in [-0.15, -0.1) is 0 Å². The van der Waals surface area contributed by atoms with Crippen LogP contribution in [0.3, 0.4) is 0 Å². The van der Waals surface area contributed by atoms with Crippen molar-refractivity contribution in [1.82, 2.24) is 4.90 Å². The zero-order valence-corrected chi connectivity index (χ0v) is 10.5. The van der Waals surface area contributed by atoms with Crippen LogP contribution in [0.5, 0.6) is 0 Å². The standard InChI is InChI=1S/C12H14N2O5/c1-2-8-7-13(6-5-9(8)15)12(16)10-3-4-11(19-10)14(17)18/h3-4,8H,2,5-7H2,1H3. The van der Waals surface area contributed by atoms with Crippen LogP contribution in [0, 0.1) is 16.0 Å². The summed E-state index contributed by atoms with van der Waals surface area (Å²) in [6.45, 7) is 2.58. The average molecular weight is 266 g/mol. The van der Waals surface area contributed by atoms with Crippen molar-refractivity contribution >= 4 is 17.6 Å². The molecule has 1 aromatic rings. The smallest absolute Gasteiger partial charge is 0.395 e. The number of rotatable bonds is 3. The van der Waals surface area contributed by atoms with E-state index in [4.69, 9.17) is 4.42 Å². The van der Waals surface area contributed by atoms with Gasteiger partial charge in [0, 0.05) is 25.4 Å². The van der Waals surface area contributed by atoms with E-state index in [-0.39, 0.29) is 17.5 Å². The van der Waals surface area contributed by atoms with Gasteiger partial charge in [0.25, 0.3) is 5.91 Å². The van der Waals surface area contributed by atoms with Crippen molar-refractivity contribution in [2.24, 2.45) is 5.92 Å². The monoisotopic (exact) mass is 266 g/mol. The number of ketones is 1. The fraction of sp³-hybridized carbons (Fsp3) is 0.500. The van der Waals surface area contributed by atoms with Gasteiger partial charge >= 0.3 is 5.88 Å². The van der Waals surface area contributed by atoms with E-state index in [1.807, 2.05) is 6.92 Å². The Kier molecular flexibility index (Phi) is 3.64. The molecule has 1 aromatic heterocycles. The minimum absolute atomic E-state index is 0.0593. The third-order valence-electron chi connectivity index (χ3n) is 3.29. The van der Waals surface area contributed by atoms with E-state index in [0.29, 0.717) is 25.9 Å². The molecule has 0 radical (unpaired) electrons. The Hall–Kier alpha value is -2.18. The zero-order valence-electron chi connectivity index (χ0n) is 10.5. The van der Waals surface area contributed by atoms with Crippen LogP contribution in [0.25, 0.3) is 0 Å². The summed E-state index contributed by atoms with van der Waals surface area (Å²) in [6, 6.07) is 2.44. The summed E-state index contributed by atoms with van der Waals surface area (Å²) in [6.07, 6.45) is 1.01. The van der Waals surface area contributed by atoms with E-state index in [2.05, 4.69) is 0 Å². The molecule has 1 unspecified atom stereocenters. The molecule has 1 atom stereocenters. The molecule has 7 nitrogen and oxygen atoms in total. The van der Waals surface area contributed by atoms with Gasteiger partial charge in [-0.3, -0.25) is 19.7 Å². The number of piperidine rings is 1. The SMILES string of the molecule is CCC1CN(C(=O)c2ccc([N+](=O)[O-])o2)CCC1=O. The molecule has 0 saturated carbocycles. The highest BCUT2D eigenvalue weighted by atomic mass is 16.6. The van der Waals surface area contributed by atoms with Gasteiger partial charge < -0.3 is 9.32 Å². The van der Waals surface area contributed by atoms with Gasteiger partial charge in [-0.1, -0.05) is 6.92 Å². The minimum Gasteiger partial charge on any atom is -0.395 e. The summed E-state index contributed by atoms with van der Waals surface area (Å²) < 4.78 is 4.88. The molecule has 1 aliphatic heterocycles. The molecule has 0 bridgehead atoms. The maximum atomic E-state index is 12.1. The quantitative estimate of drug-likeness (QED) is 0.612. The highest BCUT2D eigenvalue weighted by Gasteiger charge is 2.30. The van der Waals surface area contributed by atoms with E-state index >= 15 is 0 Å². The van der Waals surface area contributed by atoms with Crippen LogP contribution in [-0.4, -0.2) is 34.6 Å². The fourth-order valence-corrected chi connectivity index (χ4v) is 2.15. The Bertz CT molecular complexity index is 522. The predicted octanol–water partition coefficient (Wildman–Crippen LogP) is 1.63. The zero-order chi connectivity index (χ0) is 14.0. The molecule has 2 rings (SSSR count). The summed E-state index contributed by atoms with van der Waals surface area (Å²) in [5.41, 5.74) is 0. The molecule has 0 aromatic carbocycles. The van der Waals surface area contributed by atoms with Crippen molar-refractivity contribution < 1.29 is 18.9 Å². The average Bonchev–Trinajstić information content (AvgIpc) is 2.88. The van der Waals surface area contributed by atoms with Crippen molar-refractivity contribution in [2.45, 2.75) is 19.8 Å². The number of furan rings is 1. The molecule has 0 N–H and O–H groups in total. The van der Waals surface area contributed by atoms with Gasteiger partial charge in [0.1, 0.15) is 10.7 Å². The van der Waals surface area contributed by atoms with E-state index in [1.165, 1.54) is 11.0 Å². The highest BCUT2D eigenvalue weighted by Crippen LogP contribution is 2.21. The van der Waals surface area contributed by atoms with Gasteiger partial charge in [0.15, 0.2) is 5.76 Å². The van der Waals surface area contributed by atoms with E-state index < -0.39 is 16.7 Å². The number of hydrogen-bond donors (Lipinski definition) is 0. The number of hydrogen-bond acceptors (Lipinski definition) is 5. The maximum Gasteiger partial charge on any atom is 0.433 e. The number of amides is 1. The molecular formula is C12H14N2O5. The maximum absolute atomic E-state index is 12.1. The molecule has 1 fully saturated rings. The minimum atomic E-state index is -0.689. The second-order valence-corrected chi connectivity index (χ2v) is 4.47. The Morgan fingerprint density at radius 3 is 2.89 bits per heavy atom. The normalized spacial score (nSPS) is 19.5. The van der Waals surface area contributed by atoms with E-state index in [1.54, 1.807) is 0 Å². The Morgan fingerprint density at radius 1 is 1.58 bits per heavy atom. The lowest BCUT2D eigenvalue weighted by Crippen LogP contribution is -2.43. The predicted molar refractivity (Wildman–Crippen MR) is 64.7 cm³/mol. The van der Waals surface area contributed by atoms with Crippen LogP contribution in [0.4, 0.5) is 5.88 Å². The first-order valence-corrected chi connectivity index (χ1v) is 6.09. The second-order valence-electron chi connectivity index (χ2n) is 4.47. The van der Waals surface area contributed by atoms with E-state index in [9.17, 15) is 19.7 Å². The summed E-state index contributed by atoms with van der Waals surface area (Å²) in [4.78, 5) is 35.0. The van der Waals surface area contributed by atoms with Crippen LogP contribution < -0.4 is 0 Å². The van der Waals surface area contributed by atoms with Crippen molar-refractivity contribution in [3.05, 3.63) is 28.0 Å². The number of nitrogens with zero attached hydrogens (tertiary/aromatic N) is 2. The fourth-order valence-electron chi connectivity index (χ4n) is 2.15. The number of Topliss-reactive ketones (excluding diaryl/α,β-unsaturated/α-hetero) is 1. The van der Waals surface area contributed by atoms with Crippen molar-refractivity contribution in [3.63, 3.8) is 0 Å². The van der Waals surface area contributed by atoms with Crippen LogP contribution in [0.15, 0.2) is 16.5 Å². The lowest BCUT2D eigenvalue weighted by Gasteiger charge is -2.30. The molecule has 1 saturated heterocycles. The molecule has 102 valence electrons. The topological polar surface area (TPSA) is 93.7 Å². The van der Waals surface area contributed by atoms with Crippen LogP contribution in [-0.2, 0) is 4.79 Å².